The lowest BCUT2D eigenvalue weighted by atomic mass is 10.1. The third kappa shape index (κ3) is 4.56. The molecule has 1 aliphatic rings. The van der Waals surface area contributed by atoms with Crippen LogP contribution in [0.15, 0.2) is 23.6 Å². The van der Waals surface area contributed by atoms with Crippen LogP contribution in [0.4, 0.5) is 13.2 Å². The summed E-state index contributed by atoms with van der Waals surface area (Å²) in [5.41, 5.74) is 1.25. The lowest BCUT2D eigenvalue weighted by Gasteiger charge is -2.29. The topological polar surface area (TPSA) is 63.7 Å². The number of alkyl halides is 3. The molecule has 1 aliphatic heterocycles. The van der Waals surface area contributed by atoms with Crippen LogP contribution in [-0.4, -0.2) is 55.3 Å². The molecule has 1 atom stereocenters. The first-order valence-corrected chi connectivity index (χ1v) is 9.44. The Morgan fingerprint density at radius 2 is 2.11 bits per heavy atom. The van der Waals surface area contributed by atoms with Crippen LogP contribution in [0.1, 0.15) is 12.1 Å². The molecule has 0 radical (unpaired) electrons. The van der Waals surface area contributed by atoms with E-state index in [0.29, 0.717) is 22.2 Å². The van der Waals surface area contributed by atoms with Crippen molar-refractivity contribution in [3.8, 4) is 22.1 Å². The van der Waals surface area contributed by atoms with Crippen molar-refractivity contribution in [1.29, 1.82) is 0 Å². The lowest BCUT2D eigenvalue weighted by Crippen LogP contribution is -2.46. The zero-order chi connectivity index (χ0) is 20.3. The number of aromatic nitrogens is 1. The van der Waals surface area contributed by atoms with E-state index in [0.717, 1.165) is 5.56 Å². The molecule has 1 saturated heterocycles. The number of carbonyl (C=O) groups excluding carboxylic acids is 1. The highest BCUT2D eigenvalue weighted by atomic mass is 32.1. The van der Waals surface area contributed by atoms with Crippen molar-refractivity contribution >= 4 is 17.2 Å². The molecular formula is C18H20F3N3O3S. The summed E-state index contributed by atoms with van der Waals surface area (Å²) in [5.74, 6) is 0.608. The number of carbonyl (C=O) groups is 1. The normalized spacial score (nSPS) is 18.5. The van der Waals surface area contributed by atoms with Crippen LogP contribution in [-0.2, 0) is 11.3 Å². The summed E-state index contributed by atoms with van der Waals surface area (Å²) in [6.45, 7) is 0.289. The molecule has 3 rings (SSSR count). The molecule has 1 amide bonds. The zero-order valence-electron chi connectivity index (χ0n) is 15.4. The molecular weight excluding hydrogens is 395 g/mol. The Kier molecular flexibility index (Phi) is 6.09. The number of ether oxygens (including phenoxy) is 2. The van der Waals surface area contributed by atoms with Crippen LogP contribution < -0.4 is 14.8 Å². The van der Waals surface area contributed by atoms with E-state index in [4.69, 9.17) is 9.47 Å². The smallest absolute Gasteiger partial charge is 0.404 e. The van der Waals surface area contributed by atoms with E-state index in [9.17, 15) is 18.0 Å². The Hall–Kier alpha value is -2.33. The molecule has 0 spiro atoms. The van der Waals surface area contributed by atoms with Gasteiger partial charge in [-0.1, -0.05) is 0 Å². The predicted molar refractivity (Wildman–Crippen MR) is 98.5 cm³/mol. The summed E-state index contributed by atoms with van der Waals surface area (Å²) in [5, 5.41) is 4.86. The molecule has 28 heavy (non-hydrogen) atoms. The van der Waals surface area contributed by atoms with Crippen molar-refractivity contribution in [1.82, 2.24) is 15.2 Å². The Morgan fingerprint density at radius 1 is 1.32 bits per heavy atom. The average Bonchev–Trinajstić information content (AvgIpc) is 3.03. The molecule has 0 saturated carbocycles. The van der Waals surface area contributed by atoms with E-state index in [-0.39, 0.29) is 19.6 Å². The largest absolute Gasteiger partial charge is 0.497 e. The van der Waals surface area contributed by atoms with E-state index >= 15 is 0 Å². The summed E-state index contributed by atoms with van der Waals surface area (Å²) in [4.78, 5) is 17.3. The number of hydrogen-bond donors (Lipinski definition) is 1. The maximum atomic E-state index is 13.4. The van der Waals surface area contributed by atoms with Gasteiger partial charge in [0.05, 0.1) is 31.9 Å². The first kappa shape index (κ1) is 20.4. The van der Waals surface area contributed by atoms with Gasteiger partial charge in [-0.15, -0.1) is 11.3 Å². The number of nitrogens with zero attached hydrogens (tertiary/aromatic N) is 2. The Labute approximate surface area is 164 Å². The standard InChI is InChI=1S/C18H20F3N3O3S/c1-26-12-3-4-13(14(7-12)27-2)17-23-11(10-28-17)9-24-6-5-22-16(25)8-15(24)18(19,20)21/h3-4,7,10,15H,5-6,8-9H2,1-2H3,(H,22,25)/t15-/m0/s1. The van der Waals surface area contributed by atoms with Gasteiger partial charge in [-0.3, -0.25) is 9.69 Å². The van der Waals surface area contributed by atoms with Gasteiger partial charge >= 0.3 is 6.18 Å². The van der Waals surface area contributed by atoms with Crippen LogP contribution in [0.2, 0.25) is 0 Å². The molecule has 0 aliphatic carbocycles. The van der Waals surface area contributed by atoms with Crippen LogP contribution >= 0.6 is 11.3 Å². The summed E-state index contributed by atoms with van der Waals surface area (Å²) in [7, 11) is 3.08. The second kappa shape index (κ2) is 8.36. The number of benzene rings is 1. The van der Waals surface area contributed by atoms with Crippen molar-refractivity contribution in [3.63, 3.8) is 0 Å². The van der Waals surface area contributed by atoms with E-state index in [2.05, 4.69) is 10.3 Å². The number of amides is 1. The SMILES string of the molecule is COc1ccc(-c2nc(CN3CCNC(=O)C[C@H]3C(F)(F)F)cs2)c(OC)c1. The maximum Gasteiger partial charge on any atom is 0.404 e. The molecule has 0 unspecified atom stereocenters. The number of methoxy groups -OCH3 is 2. The summed E-state index contributed by atoms with van der Waals surface area (Å²) in [6.07, 6.45) is -5.09. The minimum atomic E-state index is -4.49. The fourth-order valence-electron chi connectivity index (χ4n) is 3.07. The van der Waals surface area contributed by atoms with Gasteiger partial charge in [-0.25, -0.2) is 4.98 Å². The maximum absolute atomic E-state index is 13.4. The summed E-state index contributed by atoms with van der Waals surface area (Å²) >= 11 is 1.33. The molecule has 152 valence electrons. The number of rotatable bonds is 5. The van der Waals surface area contributed by atoms with Gasteiger partial charge in [-0.05, 0) is 12.1 Å². The highest BCUT2D eigenvalue weighted by molar-refractivity contribution is 7.13. The van der Waals surface area contributed by atoms with Crippen LogP contribution in [0.5, 0.6) is 11.5 Å². The Bertz CT molecular complexity index is 841. The number of hydrogen-bond acceptors (Lipinski definition) is 6. The van der Waals surface area contributed by atoms with Gasteiger partial charge in [0.25, 0.3) is 0 Å². The molecule has 10 heteroatoms. The number of halogens is 3. The summed E-state index contributed by atoms with van der Waals surface area (Å²) in [6, 6.07) is 3.47. The van der Waals surface area contributed by atoms with E-state index in [1.165, 1.54) is 23.3 Å². The van der Waals surface area contributed by atoms with Crippen LogP contribution in [0, 0.1) is 0 Å². The van der Waals surface area contributed by atoms with Gasteiger partial charge in [0, 0.05) is 31.1 Å². The molecule has 1 N–H and O–H groups in total. The fraction of sp³-hybridized carbons (Fsp3) is 0.444. The second-order valence-electron chi connectivity index (χ2n) is 6.29. The van der Waals surface area contributed by atoms with Gasteiger partial charge < -0.3 is 14.8 Å². The Balaban J connectivity index is 1.83. The fourth-order valence-corrected chi connectivity index (χ4v) is 3.91. The molecule has 1 aromatic carbocycles. The minimum absolute atomic E-state index is 0.00804. The van der Waals surface area contributed by atoms with Gasteiger partial charge in [0.15, 0.2) is 0 Å². The lowest BCUT2D eigenvalue weighted by molar-refractivity contribution is -0.186. The molecule has 6 nitrogen and oxygen atoms in total. The van der Waals surface area contributed by atoms with Crippen molar-refractivity contribution in [3.05, 3.63) is 29.3 Å². The van der Waals surface area contributed by atoms with E-state index in [1.54, 1.807) is 30.7 Å². The predicted octanol–water partition coefficient (Wildman–Crippen LogP) is 3.08. The third-order valence-corrected chi connectivity index (χ3v) is 5.40. The Morgan fingerprint density at radius 3 is 2.79 bits per heavy atom. The highest BCUT2D eigenvalue weighted by Gasteiger charge is 2.45. The van der Waals surface area contributed by atoms with Crippen molar-refractivity contribution < 1.29 is 27.4 Å². The van der Waals surface area contributed by atoms with Crippen molar-refractivity contribution in [2.75, 3.05) is 27.3 Å². The van der Waals surface area contributed by atoms with Crippen molar-refractivity contribution in [2.24, 2.45) is 0 Å². The minimum Gasteiger partial charge on any atom is -0.497 e. The molecule has 0 bridgehead atoms. The van der Waals surface area contributed by atoms with Crippen LogP contribution in [0.25, 0.3) is 10.6 Å². The van der Waals surface area contributed by atoms with Gasteiger partial charge in [0.2, 0.25) is 5.91 Å². The van der Waals surface area contributed by atoms with Gasteiger partial charge in [-0.2, -0.15) is 13.2 Å². The first-order chi connectivity index (χ1) is 13.3. The van der Waals surface area contributed by atoms with E-state index in [1.807, 2.05) is 0 Å². The summed E-state index contributed by atoms with van der Waals surface area (Å²) < 4.78 is 50.8. The van der Waals surface area contributed by atoms with Gasteiger partial charge in [0.1, 0.15) is 22.5 Å². The van der Waals surface area contributed by atoms with Crippen molar-refractivity contribution in [2.45, 2.75) is 25.2 Å². The number of nitrogens with one attached hydrogen (secondary N) is 1. The molecule has 2 heterocycles. The highest BCUT2D eigenvalue weighted by Crippen LogP contribution is 2.36. The average molecular weight is 415 g/mol. The zero-order valence-corrected chi connectivity index (χ0v) is 16.2. The van der Waals surface area contributed by atoms with Crippen LogP contribution in [0.3, 0.4) is 0 Å². The molecule has 1 fully saturated rings. The monoisotopic (exact) mass is 415 g/mol. The number of thiazole rings is 1. The molecule has 2 aromatic rings. The second-order valence-corrected chi connectivity index (χ2v) is 7.15. The van der Waals surface area contributed by atoms with E-state index < -0.39 is 24.5 Å². The quantitative estimate of drug-likeness (QED) is 0.813. The first-order valence-electron chi connectivity index (χ1n) is 8.56. The molecule has 1 aromatic heterocycles. The third-order valence-electron chi connectivity index (χ3n) is 4.47.